The van der Waals surface area contributed by atoms with Gasteiger partial charge in [-0.3, -0.25) is 4.79 Å². The fourth-order valence-electron chi connectivity index (χ4n) is 1.87. The molecule has 8 heteroatoms. The van der Waals surface area contributed by atoms with Gasteiger partial charge in [-0.2, -0.15) is 0 Å². The molecule has 0 spiro atoms. The minimum absolute atomic E-state index is 0.0414. The van der Waals surface area contributed by atoms with Crippen LogP contribution in [-0.2, 0) is 9.05 Å². The van der Waals surface area contributed by atoms with E-state index >= 15 is 0 Å². The molecule has 4 nitrogen and oxygen atoms in total. The van der Waals surface area contributed by atoms with Crippen molar-refractivity contribution in [3.05, 3.63) is 27.7 Å². The fourth-order valence-corrected chi connectivity index (χ4v) is 3.69. The molecule has 1 aromatic carbocycles. The van der Waals surface area contributed by atoms with E-state index < -0.39 is 9.05 Å². The van der Waals surface area contributed by atoms with Crippen LogP contribution in [-0.4, -0.2) is 31.8 Å². The maximum atomic E-state index is 12.5. The third-order valence-electron chi connectivity index (χ3n) is 2.86. The number of hydrogen-bond acceptors (Lipinski definition) is 3. The molecule has 0 aliphatic carbocycles. The molecule has 0 bridgehead atoms. The Morgan fingerprint density at radius 2 is 1.81 bits per heavy atom. The van der Waals surface area contributed by atoms with Gasteiger partial charge in [-0.05, 0) is 32.4 Å². The van der Waals surface area contributed by atoms with E-state index in [1.807, 2.05) is 20.8 Å². The molecule has 0 aliphatic rings. The predicted octanol–water partition coefficient (Wildman–Crippen LogP) is 4.18. The Bertz CT molecular complexity index is 644. The Morgan fingerprint density at radius 3 is 2.24 bits per heavy atom. The van der Waals surface area contributed by atoms with Gasteiger partial charge in [0.1, 0.15) is 4.90 Å². The van der Waals surface area contributed by atoms with Gasteiger partial charge in [0.2, 0.25) is 0 Å². The first-order chi connectivity index (χ1) is 9.59. The second-order valence-electron chi connectivity index (χ2n) is 4.79. The number of carbonyl (C=O) groups excluding carboxylic acids is 1. The maximum absolute atomic E-state index is 12.5. The molecule has 0 N–H and O–H groups in total. The minimum Gasteiger partial charge on any atom is -0.336 e. The van der Waals surface area contributed by atoms with Crippen LogP contribution in [0.25, 0.3) is 0 Å². The molecule has 0 unspecified atom stereocenters. The van der Waals surface area contributed by atoms with Crippen molar-refractivity contribution in [1.29, 1.82) is 0 Å². The standard InChI is InChI=1S/C13H16Cl3NO3S/c1-4-5-17(8(2)3)13(18)9-6-12(21(16,19)20)11(15)7-10(9)14/h6-8H,4-5H2,1-3H3. The van der Waals surface area contributed by atoms with E-state index in [1.54, 1.807) is 4.90 Å². The molecule has 1 rings (SSSR count). The van der Waals surface area contributed by atoms with Crippen LogP contribution in [0.2, 0.25) is 10.0 Å². The van der Waals surface area contributed by atoms with Crippen molar-refractivity contribution in [2.75, 3.05) is 6.54 Å². The monoisotopic (exact) mass is 371 g/mol. The van der Waals surface area contributed by atoms with Crippen LogP contribution in [0, 0.1) is 0 Å². The summed E-state index contributed by atoms with van der Waals surface area (Å²) in [5.74, 6) is -0.352. The third-order valence-corrected chi connectivity index (χ3v) is 4.96. The van der Waals surface area contributed by atoms with Gasteiger partial charge in [0, 0.05) is 23.3 Å². The summed E-state index contributed by atoms with van der Waals surface area (Å²) in [7, 11) is 1.26. The minimum atomic E-state index is -4.05. The molecule has 1 aromatic rings. The highest BCUT2D eigenvalue weighted by Crippen LogP contribution is 2.31. The maximum Gasteiger partial charge on any atom is 0.262 e. The Morgan fingerprint density at radius 1 is 1.24 bits per heavy atom. The van der Waals surface area contributed by atoms with Crippen molar-refractivity contribution >= 4 is 48.8 Å². The van der Waals surface area contributed by atoms with Gasteiger partial charge in [-0.1, -0.05) is 30.1 Å². The summed E-state index contributed by atoms with van der Waals surface area (Å²) in [5, 5.41) is -0.0195. The van der Waals surface area contributed by atoms with Crippen LogP contribution in [0.15, 0.2) is 17.0 Å². The van der Waals surface area contributed by atoms with E-state index in [4.69, 9.17) is 33.9 Å². The second kappa shape index (κ2) is 7.18. The Balaban J connectivity index is 3.39. The predicted molar refractivity (Wildman–Crippen MR) is 86.0 cm³/mol. The highest BCUT2D eigenvalue weighted by Gasteiger charge is 2.24. The Hall–Kier alpha value is -0.490. The lowest BCUT2D eigenvalue weighted by molar-refractivity contribution is 0.0706. The molecular formula is C13H16Cl3NO3S. The smallest absolute Gasteiger partial charge is 0.262 e. The molecule has 1 amide bonds. The summed E-state index contributed by atoms with van der Waals surface area (Å²) in [5.41, 5.74) is 0.0717. The van der Waals surface area contributed by atoms with Gasteiger partial charge < -0.3 is 4.90 Å². The number of hydrogen-bond donors (Lipinski definition) is 0. The molecule has 0 fully saturated rings. The number of amides is 1. The molecule has 0 saturated carbocycles. The van der Waals surface area contributed by atoms with Gasteiger partial charge in [0.25, 0.3) is 15.0 Å². The van der Waals surface area contributed by atoms with Crippen molar-refractivity contribution in [3.8, 4) is 0 Å². The molecule has 21 heavy (non-hydrogen) atoms. The molecule has 118 valence electrons. The van der Waals surface area contributed by atoms with Crippen molar-refractivity contribution in [2.24, 2.45) is 0 Å². The molecule has 0 atom stereocenters. The van der Waals surface area contributed by atoms with E-state index in [1.165, 1.54) is 6.07 Å². The first kappa shape index (κ1) is 18.6. The van der Waals surface area contributed by atoms with Crippen LogP contribution in [0.4, 0.5) is 0 Å². The Kier molecular flexibility index (Phi) is 6.35. The number of benzene rings is 1. The molecular weight excluding hydrogens is 357 g/mol. The van der Waals surface area contributed by atoms with E-state index in [2.05, 4.69) is 0 Å². The zero-order valence-corrected chi connectivity index (χ0v) is 14.9. The molecule has 0 aliphatic heterocycles. The van der Waals surface area contributed by atoms with Crippen molar-refractivity contribution in [2.45, 2.75) is 38.1 Å². The largest absolute Gasteiger partial charge is 0.336 e. The number of nitrogens with zero attached hydrogens (tertiary/aromatic N) is 1. The lowest BCUT2D eigenvalue weighted by atomic mass is 10.1. The first-order valence-electron chi connectivity index (χ1n) is 6.34. The lowest BCUT2D eigenvalue weighted by Gasteiger charge is -2.27. The van der Waals surface area contributed by atoms with Crippen molar-refractivity contribution in [3.63, 3.8) is 0 Å². The average molecular weight is 373 g/mol. The lowest BCUT2D eigenvalue weighted by Crippen LogP contribution is -2.37. The van der Waals surface area contributed by atoms with Gasteiger partial charge in [0.05, 0.1) is 15.6 Å². The van der Waals surface area contributed by atoms with E-state index in [-0.39, 0.29) is 32.5 Å². The van der Waals surface area contributed by atoms with Gasteiger partial charge in [-0.25, -0.2) is 8.42 Å². The van der Waals surface area contributed by atoms with Crippen LogP contribution in [0.1, 0.15) is 37.6 Å². The summed E-state index contributed by atoms with van der Waals surface area (Å²) in [6, 6.07) is 2.30. The van der Waals surface area contributed by atoms with Crippen LogP contribution < -0.4 is 0 Å². The highest BCUT2D eigenvalue weighted by molar-refractivity contribution is 8.13. The zero-order chi connectivity index (χ0) is 16.4. The summed E-state index contributed by atoms with van der Waals surface area (Å²) in [4.78, 5) is 13.8. The number of rotatable bonds is 5. The molecule has 0 saturated heterocycles. The van der Waals surface area contributed by atoms with E-state index in [0.29, 0.717) is 6.54 Å². The second-order valence-corrected chi connectivity index (χ2v) is 8.14. The highest BCUT2D eigenvalue weighted by atomic mass is 35.7. The average Bonchev–Trinajstić information content (AvgIpc) is 2.33. The Labute approximate surface area is 139 Å². The fraction of sp³-hybridized carbons (Fsp3) is 0.462. The molecule has 0 radical (unpaired) electrons. The molecule has 0 heterocycles. The third kappa shape index (κ3) is 4.49. The summed E-state index contributed by atoms with van der Waals surface area (Å²) >= 11 is 11.8. The quantitative estimate of drug-likeness (QED) is 0.728. The first-order valence-corrected chi connectivity index (χ1v) is 9.40. The zero-order valence-electron chi connectivity index (χ0n) is 11.9. The normalized spacial score (nSPS) is 11.8. The van der Waals surface area contributed by atoms with Crippen LogP contribution in [0.3, 0.4) is 0 Å². The summed E-state index contributed by atoms with van der Waals surface area (Å²) < 4.78 is 23.0. The SMILES string of the molecule is CCCN(C(=O)c1cc(S(=O)(=O)Cl)c(Cl)cc1Cl)C(C)C. The van der Waals surface area contributed by atoms with E-state index in [0.717, 1.165) is 12.5 Å². The summed E-state index contributed by atoms with van der Waals surface area (Å²) in [6.07, 6.45) is 0.774. The van der Waals surface area contributed by atoms with Crippen molar-refractivity contribution < 1.29 is 13.2 Å². The topological polar surface area (TPSA) is 54.5 Å². The van der Waals surface area contributed by atoms with Crippen molar-refractivity contribution in [1.82, 2.24) is 4.90 Å². The number of halogens is 3. The van der Waals surface area contributed by atoms with Crippen LogP contribution in [0.5, 0.6) is 0 Å². The van der Waals surface area contributed by atoms with Gasteiger partial charge in [-0.15, -0.1) is 0 Å². The summed E-state index contributed by atoms with van der Waals surface area (Å²) in [6.45, 7) is 6.23. The van der Waals surface area contributed by atoms with Crippen LogP contribution >= 0.6 is 33.9 Å². The van der Waals surface area contributed by atoms with Gasteiger partial charge >= 0.3 is 0 Å². The van der Waals surface area contributed by atoms with Gasteiger partial charge in [0.15, 0.2) is 0 Å². The molecule has 0 aromatic heterocycles. The number of carbonyl (C=O) groups is 1. The van der Waals surface area contributed by atoms with E-state index in [9.17, 15) is 13.2 Å².